The lowest BCUT2D eigenvalue weighted by Gasteiger charge is -2.22. The summed E-state index contributed by atoms with van der Waals surface area (Å²) in [6.45, 7) is 4.24. The molecule has 1 atom stereocenters. The molecule has 2 heterocycles. The normalized spacial score (nSPS) is 19.4. The smallest absolute Gasteiger partial charge is 0.226 e. The molecule has 0 spiro atoms. The van der Waals surface area contributed by atoms with Crippen LogP contribution in [0.4, 0.5) is 4.39 Å². The Morgan fingerprint density at radius 1 is 1.38 bits per heavy atom. The average Bonchev–Trinajstić information content (AvgIpc) is 3.23. The fraction of sp³-hybridized carbons (Fsp3) is 0.500. The highest BCUT2D eigenvalue weighted by molar-refractivity contribution is 5.85. The highest BCUT2D eigenvalue weighted by atomic mass is 35.5. The third kappa shape index (κ3) is 4.80. The number of hydrogen-bond donors (Lipinski definition) is 1. The molecule has 1 unspecified atom stereocenters. The lowest BCUT2D eigenvalue weighted by molar-refractivity contribution is -0.130. The highest BCUT2D eigenvalue weighted by Crippen LogP contribution is 2.29. The lowest BCUT2D eigenvalue weighted by Crippen LogP contribution is -2.34. The zero-order valence-electron chi connectivity index (χ0n) is 14.8. The maximum absolute atomic E-state index is 12.9. The first-order valence-corrected chi connectivity index (χ1v) is 8.55. The van der Waals surface area contributed by atoms with Gasteiger partial charge in [0.25, 0.3) is 0 Å². The topological polar surface area (TPSA) is 85.2 Å². The van der Waals surface area contributed by atoms with Crippen molar-refractivity contribution in [2.45, 2.75) is 32.6 Å². The Kier molecular flexibility index (Phi) is 6.72. The van der Waals surface area contributed by atoms with Gasteiger partial charge in [-0.15, -0.1) is 12.4 Å². The molecule has 1 amide bonds. The van der Waals surface area contributed by atoms with Crippen LogP contribution >= 0.6 is 12.4 Å². The van der Waals surface area contributed by atoms with Crippen molar-refractivity contribution in [3.8, 4) is 11.4 Å². The van der Waals surface area contributed by atoms with Gasteiger partial charge in [-0.3, -0.25) is 4.79 Å². The van der Waals surface area contributed by atoms with Crippen molar-refractivity contribution in [1.82, 2.24) is 15.0 Å². The van der Waals surface area contributed by atoms with Crippen molar-refractivity contribution < 1.29 is 13.7 Å². The molecule has 1 aliphatic heterocycles. The zero-order chi connectivity index (χ0) is 17.9. The van der Waals surface area contributed by atoms with E-state index in [-0.39, 0.29) is 29.5 Å². The van der Waals surface area contributed by atoms with Gasteiger partial charge in [-0.1, -0.05) is 12.1 Å². The minimum Gasteiger partial charge on any atom is -0.342 e. The second kappa shape index (κ2) is 8.60. The monoisotopic (exact) mass is 382 g/mol. The largest absolute Gasteiger partial charge is 0.342 e. The number of hydrogen-bond acceptors (Lipinski definition) is 5. The number of aromatic nitrogens is 2. The predicted molar refractivity (Wildman–Crippen MR) is 98.2 cm³/mol. The number of nitrogens with two attached hydrogens (primary N) is 1. The maximum Gasteiger partial charge on any atom is 0.226 e. The van der Waals surface area contributed by atoms with Crippen LogP contribution in [-0.4, -0.2) is 40.6 Å². The van der Waals surface area contributed by atoms with Crippen molar-refractivity contribution in [3.05, 3.63) is 36.0 Å². The molecule has 0 bridgehead atoms. The van der Waals surface area contributed by atoms with E-state index in [2.05, 4.69) is 17.1 Å². The van der Waals surface area contributed by atoms with Crippen molar-refractivity contribution in [2.24, 2.45) is 11.1 Å². The number of rotatable bonds is 6. The van der Waals surface area contributed by atoms with E-state index in [4.69, 9.17) is 10.3 Å². The molecule has 0 aliphatic carbocycles. The fourth-order valence-corrected chi connectivity index (χ4v) is 3.02. The summed E-state index contributed by atoms with van der Waals surface area (Å²) in [5.41, 5.74) is 6.53. The van der Waals surface area contributed by atoms with E-state index in [0.29, 0.717) is 43.1 Å². The molecule has 8 heteroatoms. The number of halogens is 2. The van der Waals surface area contributed by atoms with Crippen LogP contribution in [0, 0.1) is 11.2 Å². The molecule has 142 valence electrons. The van der Waals surface area contributed by atoms with E-state index in [1.54, 1.807) is 12.1 Å². The maximum atomic E-state index is 12.9. The number of nitrogens with zero attached hydrogens (tertiary/aromatic N) is 3. The van der Waals surface area contributed by atoms with Crippen LogP contribution in [-0.2, 0) is 11.2 Å². The summed E-state index contributed by atoms with van der Waals surface area (Å²) in [6.07, 6.45) is 2.61. The van der Waals surface area contributed by atoms with Gasteiger partial charge in [-0.25, -0.2) is 4.39 Å². The summed E-state index contributed by atoms with van der Waals surface area (Å²) in [7, 11) is 0. The van der Waals surface area contributed by atoms with E-state index >= 15 is 0 Å². The molecule has 0 radical (unpaired) electrons. The molecule has 6 nitrogen and oxygen atoms in total. The Balaban J connectivity index is 0.00000243. The molecular formula is C18H24ClFN4O2. The van der Waals surface area contributed by atoms with Gasteiger partial charge in [0.1, 0.15) is 5.82 Å². The van der Waals surface area contributed by atoms with Gasteiger partial charge >= 0.3 is 0 Å². The molecule has 1 fully saturated rings. The van der Waals surface area contributed by atoms with Gasteiger partial charge in [-0.05, 0) is 49.1 Å². The van der Waals surface area contributed by atoms with Gasteiger partial charge in [0.05, 0.1) is 0 Å². The molecular weight excluding hydrogens is 359 g/mol. The van der Waals surface area contributed by atoms with Crippen molar-refractivity contribution >= 4 is 18.3 Å². The molecule has 3 rings (SSSR count). The summed E-state index contributed by atoms with van der Waals surface area (Å²) < 4.78 is 18.2. The number of carbonyl (C=O) groups excluding carboxylic acids is 1. The van der Waals surface area contributed by atoms with Crippen LogP contribution in [0.15, 0.2) is 28.8 Å². The number of aryl methyl sites for hydroxylation is 1. The average molecular weight is 383 g/mol. The molecule has 1 saturated heterocycles. The van der Waals surface area contributed by atoms with Gasteiger partial charge in [0.15, 0.2) is 0 Å². The quantitative estimate of drug-likeness (QED) is 0.830. The molecule has 2 aromatic rings. The molecule has 1 aromatic heterocycles. The zero-order valence-corrected chi connectivity index (χ0v) is 15.6. The molecule has 0 saturated carbocycles. The number of carbonyl (C=O) groups is 1. The Morgan fingerprint density at radius 2 is 2.12 bits per heavy atom. The van der Waals surface area contributed by atoms with Crippen LogP contribution in [0.1, 0.15) is 32.1 Å². The van der Waals surface area contributed by atoms with Crippen LogP contribution in [0.5, 0.6) is 0 Å². The second-order valence-electron chi connectivity index (χ2n) is 6.95. The van der Waals surface area contributed by atoms with Crippen LogP contribution in [0.3, 0.4) is 0 Å². The number of benzene rings is 1. The van der Waals surface area contributed by atoms with Crippen molar-refractivity contribution in [3.63, 3.8) is 0 Å². The van der Waals surface area contributed by atoms with Crippen molar-refractivity contribution in [1.29, 1.82) is 0 Å². The SMILES string of the molecule is CC1(CN)CCN(C(=O)CCCc2nc(-c3ccc(F)cc3)no2)C1.Cl. The number of amides is 1. The summed E-state index contributed by atoms with van der Waals surface area (Å²) in [6, 6.07) is 5.93. The van der Waals surface area contributed by atoms with Crippen molar-refractivity contribution in [2.75, 3.05) is 19.6 Å². The minimum atomic E-state index is -0.307. The van der Waals surface area contributed by atoms with Crippen LogP contribution < -0.4 is 5.73 Å². The third-order valence-corrected chi connectivity index (χ3v) is 4.76. The summed E-state index contributed by atoms with van der Waals surface area (Å²) in [5, 5.41) is 3.90. The van der Waals surface area contributed by atoms with Crippen LogP contribution in [0.2, 0.25) is 0 Å². The first-order valence-electron chi connectivity index (χ1n) is 8.55. The summed E-state index contributed by atoms with van der Waals surface area (Å²) in [5.74, 6) is 0.758. The second-order valence-corrected chi connectivity index (χ2v) is 6.95. The van der Waals surface area contributed by atoms with E-state index in [1.807, 2.05) is 4.90 Å². The van der Waals surface area contributed by atoms with Crippen LogP contribution in [0.25, 0.3) is 11.4 Å². The first kappa shape index (κ1) is 20.3. The van der Waals surface area contributed by atoms with E-state index in [9.17, 15) is 9.18 Å². The molecule has 1 aliphatic rings. The lowest BCUT2D eigenvalue weighted by atomic mass is 9.90. The fourth-order valence-electron chi connectivity index (χ4n) is 3.02. The Bertz CT molecular complexity index is 737. The standard InChI is InChI=1S/C18H23FN4O2.ClH/c1-18(11-20)9-10-23(12-18)16(24)4-2-3-15-21-17(22-25-15)13-5-7-14(19)8-6-13;/h5-8H,2-4,9-12,20H2,1H3;1H. The summed E-state index contributed by atoms with van der Waals surface area (Å²) in [4.78, 5) is 18.5. The van der Waals surface area contributed by atoms with E-state index < -0.39 is 0 Å². The Morgan fingerprint density at radius 3 is 2.77 bits per heavy atom. The molecule has 2 N–H and O–H groups in total. The van der Waals surface area contributed by atoms with E-state index in [1.165, 1.54) is 12.1 Å². The Hall–Kier alpha value is -1.99. The molecule has 1 aromatic carbocycles. The number of likely N-dealkylation sites (tertiary alicyclic amines) is 1. The first-order chi connectivity index (χ1) is 12.0. The van der Waals surface area contributed by atoms with Gasteiger partial charge < -0.3 is 15.2 Å². The summed E-state index contributed by atoms with van der Waals surface area (Å²) >= 11 is 0. The minimum absolute atomic E-state index is 0. The third-order valence-electron chi connectivity index (χ3n) is 4.76. The van der Waals surface area contributed by atoms with Gasteiger partial charge in [0, 0.05) is 31.5 Å². The van der Waals surface area contributed by atoms with Gasteiger partial charge in [0.2, 0.25) is 17.6 Å². The highest BCUT2D eigenvalue weighted by Gasteiger charge is 2.34. The van der Waals surface area contributed by atoms with Gasteiger partial charge in [-0.2, -0.15) is 4.98 Å². The predicted octanol–water partition coefficient (Wildman–Crippen LogP) is 2.82. The van der Waals surface area contributed by atoms with E-state index in [0.717, 1.165) is 19.5 Å². The Labute approximate surface area is 158 Å². The molecule has 26 heavy (non-hydrogen) atoms.